The second-order valence-electron chi connectivity index (χ2n) is 6.17. The number of carbonyl (C=O) groups excluding carboxylic acids is 1. The summed E-state index contributed by atoms with van der Waals surface area (Å²) in [5.74, 6) is 2.88. The summed E-state index contributed by atoms with van der Waals surface area (Å²) < 4.78 is 7.82. The van der Waals surface area contributed by atoms with E-state index in [0.29, 0.717) is 18.9 Å². The summed E-state index contributed by atoms with van der Waals surface area (Å²) in [5, 5.41) is 8.14. The van der Waals surface area contributed by atoms with Crippen LogP contribution in [0.2, 0.25) is 0 Å². The van der Waals surface area contributed by atoms with Crippen molar-refractivity contribution in [3.63, 3.8) is 0 Å². The molecule has 3 aliphatic rings. The van der Waals surface area contributed by atoms with Crippen LogP contribution in [0.1, 0.15) is 31.0 Å². The Hall–Kier alpha value is -1.08. The molecule has 0 radical (unpaired) electrons. The Morgan fingerprint density at radius 1 is 1.43 bits per heavy atom. The van der Waals surface area contributed by atoms with E-state index in [1.54, 1.807) is 18.0 Å². The van der Waals surface area contributed by atoms with Crippen LogP contribution in [0, 0.1) is 5.92 Å². The molecule has 1 saturated heterocycles. The SMILES string of the molecule is O=C(CSCC1CC1)N1CC[C@H]2OCc3cnnn3[C@@H]2C1. The maximum Gasteiger partial charge on any atom is 0.232 e. The lowest BCUT2D eigenvalue weighted by molar-refractivity contribution is -0.135. The third-order valence-corrected chi connectivity index (χ3v) is 5.72. The van der Waals surface area contributed by atoms with E-state index in [2.05, 4.69) is 10.3 Å². The normalized spacial score (nSPS) is 28.1. The quantitative estimate of drug-likeness (QED) is 0.833. The maximum absolute atomic E-state index is 12.3. The van der Waals surface area contributed by atoms with E-state index in [9.17, 15) is 4.79 Å². The fourth-order valence-corrected chi connectivity index (χ4v) is 4.24. The number of aromatic nitrogens is 3. The van der Waals surface area contributed by atoms with Gasteiger partial charge in [0, 0.05) is 13.1 Å². The van der Waals surface area contributed by atoms with Crippen LogP contribution >= 0.6 is 11.8 Å². The van der Waals surface area contributed by atoms with E-state index < -0.39 is 0 Å². The molecule has 0 unspecified atom stereocenters. The lowest BCUT2D eigenvalue weighted by atomic mass is 10.0. The Kier molecular flexibility index (Phi) is 3.62. The first-order valence-electron chi connectivity index (χ1n) is 7.67. The van der Waals surface area contributed by atoms with Crippen LogP contribution in [0.25, 0.3) is 0 Å². The molecule has 0 aromatic carbocycles. The summed E-state index contributed by atoms with van der Waals surface area (Å²) in [4.78, 5) is 14.3. The fraction of sp³-hybridized carbons (Fsp3) is 0.786. The minimum absolute atomic E-state index is 0.127. The van der Waals surface area contributed by atoms with Crippen molar-refractivity contribution in [2.45, 2.75) is 38.0 Å². The second-order valence-corrected chi connectivity index (χ2v) is 7.20. The van der Waals surface area contributed by atoms with Crippen LogP contribution in [0.5, 0.6) is 0 Å². The van der Waals surface area contributed by atoms with Gasteiger partial charge < -0.3 is 9.64 Å². The number of hydrogen-bond donors (Lipinski definition) is 0. The lowest BCUT2D eigenvalue weighted by Crippen LogP contribution is -2.50. The van der Waals surface area contributed by atoms with E-state index in [0.717, 1.165) is 30.3 Å². The number of hydrogen-bond acceptors (Lipinski definition) is 5. The fourth-order valence-electron chi connectivity index (χ4n) is 3.09. The topological polar surface area (TPSA) is 60.3 Å². The smallest absolute Gasteiger partial charge is 0.232 e. The van der Waals surface area contributed by atoms with Gasteiger partial charge in [-0.1, -0.05) is 5.21 Å². The number of piperidine rings is 1. The largest absolute Gasteiger partial charge is 0.370 e. The zero-order valence-corrected chi connectivity index (χ0v) is 12.8. The van der Waals surface area contributed by atoms with Crippen molar-refractivity contribution in [3.8, 4) is 0 Å². The summed E-state index contributed by atoms with van der Waals surface area (Å²) >= 11 is 1.79. The van der Waals surface area contributed by atoms with Gasteiger partial charge in [-0.2, -0.15) is 11.8 Å². The predicted octanol–water partition coefficient (Wildman–Crippen LogP) is 1.09. The van der Waals surface area contributed by atoms with Gasteiger partial charge in [0.1, 0.15) is 0 Å². The molecule has 1 aromatic heterocycles. The Labute approximate surface area is 128 Å². The van der Waals surface area contributed by atoms with E-state index in [4.69, 9.17) is 4.74 Å². The standard InChI is InChI=1S/C14H20N4O2S/c19-14(9-21-8-10-1-2-10)17-4-3-13-12(6-17)18-11(7-20-13)5-15-16-18/h5,10,12-13H,1-4,6-9H2/t12-,13-/m1/s1. The van der Waals surface area contributed by atoms with Gasteiger partial charge in [0.05, 0.1) is 36.4 Å². The molecule has 0 bridgehead atoms. The molecular weight excluding hydrogens is 288 g/mol. The summed E-state index contributed by atoms with van der Waals surface area (Å²) in [6.45, 7) is 2.08. The molecule has 0 N–H and O–H groups in total. The van der Waals surface area contributed by atoms with Crippen molar-refractivity contribution in [3.05, 3.63) is 11.9 Å². The molecule has 2 fully saturated rings. The number of rotatable bonds is 4. The Bertz CT molecular complexity index is 531. The van der Waals surface area contributed by atoms with Gasteiger partial charge in [-0.15, -0.1) is 5.10 Å². The third-order valence-electron chi connectivity index (χ3n) is 4.56. The molecule has 2 atom stereocenters. The van der Waals surface area contributed by atoms with Gasteiger partial charge in [-0.25, -0.2) is 4.68 Å². The van der Waals surface area contributed by atoms with Crippen LogP contribution in [0.15, 0.2) is 6.20 Å². The molecule has 7 heteroatoms. The van der Waals surface area contributed by atoms with Gasteiger partial charge in [-0.05, 0) is 30.9 Å². The monoisotopic (exact) mass is 308 g/mol. The molecular formula is C14H20N4O2S. The number of amides is 1. The first-order chi connectivity index (χ1) is 10.3. The Morgan fingerprint density at radius 2 is 2.33 bits per heavy atom. The van der Waals surface area contributed by atoms with Gasteiger partial charge in [0.25, 0.3) is 0 Å². The first-order valence-corrected chi connectivity index (χ1v) is 8.83. The van der Waals surface area contributed by atoms with Crippen LogP contribution in [-0.2, 0) is 16.1 Å². The molecule has 3 heterocycles. The van der Waals surface area contributed by atoms with Crippen LogP contribution < -0.4 is 0 Å². The summed E-state index contributed by atoms with van der Waals surface area (Å²) in [6.07, 6.45) is 5.51. The molecule has 1 amide bonds. The second kappa shape index (κ2) is 5.61. The zero-order chi connectivity index (χ0) is 14.2. The minimum atomic E-state index is 0.127. The van der Waals surface area contributed by atoms with Crippen LogP contribution in [0.3, 0.4) is 0 Å². The van der Waals surface area contributed by atoms with E-state index in [1.165, 1.54) is 12.8 Å². The lowest BCUT2D eigenvalue weighted by Gasteiger charge is -2.41. The van der Waals surface area contributed by atoms with Crippen molar-refractivity contribution >= 4 is 17.7 Å². The van der Waals surface area contributed by atoms with Gasteiger partial charge in [0.15, 0.2) is 0 Å². The first kappa shape index (κ1) is 13.6. The van der Waals surface area contributed by atoms with Crippen molar-refractivity contribution < 1.29 is 9.53 Å². The predicted molar refractivity (Wildman–Crippen MR) is 78.9 cm³/mol. The van der Waals surface area contributed by atoms with Gasteiger partial charge in [-0.3, -0.25) is 4.79 Å². The van der Waals surface area contributed by atoms with Crippen LogP contribution in [0.4, 0.5) is 0 Å². The number of likely N-dealkylation sites (tertiary alicyclic amines) is 1. The molecule has 2 aliphatic heterocycles. The van der Waals surface area contributed by atoms with Gasteiger partial charge >= 0.3 is 0 Å². The number of thioether (sulfide) groups is 1. The van der Waals surface area contributed by atoms with E-state index in [1.807, 2.05) is 9.58 Å². The molecule has 1 aromatic rings. The number of nitrogens with zero attached hydrogens (tertiary/aromatic N) is 4. The number of fused-ring (bicyclic) bond motifs is 3. The Morgan fingerprint density at radius 3 is 3.19 bits per heavy atom. The van der Waals surface area contributed by atoms with Crippen molar-refractivity contribution in [1.82, 2.24) is 19.9 Å². The van der Waals surface area contributed by atoms with Crippen molar-refractivity contribution in [2.75, 3.05) is 24.6 Å². The van der Waals surface area contributed by atoms with Crippen LogP contribution in [-0.4, -0.2) is 56.5 Å². The highest BCUT2D eigenvalue weighted by Gasteiger charge is 2.37. The highest BCUT2D eigenvalue weighted by Crippen LogP contribution is 2.33. The molecule has 4 rings (SSSR count). The summed E-state index contributed by atoms with van der Waals surface area (Å²) in [5.41, 5.74) is 1.01. The molecule has 114 valence electrons. The molecule has 1 saturated carbocycles. The molecule has 6 nitrogen and oxygen atoms in total. The Balaban J connectivity index is 1.37. The van der Waals surface area contributed by atoms with Gasteiger partial charge in [0.2, 0.25) is 5.91 Å². The minimum Gasteiger partial charge on any atom is -0.370 e. The summed E-state index contributed by atoms with van der Waals surface area (Å²) in [7, 11) is 0. The molecule has 0 spiro atoms. The average molecular weight is 308 g/mol. The van der Waals surface area contributed by atoms with E-state index >= 15 is 0 Å². The zero-order valence-electron chi connectivity index (χ0n) is 12.0. The third kappa shape index (κ3) is 2.81. The number of carbonyl (C=O) groups is 1. The van der Waals surface area contributed by atoms with E-state index in [-0.39, 0.29) is 18.1 Å². The molecule has 1 aliphatic carbocycles. The highest BCUT2D eigenvalue weighted by molar-refractivity contribution is 7.99. The highest BCUT2D eigenvalue weighted by atomic mass is 32.2. The number of ether oxygens (including phenoxy) is 1. The molecule has 21 heavy (non-hydrogen) atoms. The maximum atomic E-state index is 12.3. The summed E-state index contributed by atoms with van der Waals surface area (Å²) in [6, 6.07) is 0.127. The average Bonchev–Trinajstić information content (AvgIpc) is 3.20. The van der Waals surface area contributed by atoms with Crippen molar-refractivity contribution in [1.29, 1.82) is 0 Å². The van der Waals surface area contributed by atoms with Crippen molar-refractivity contribution in [2.24, 2.45) is 5.92 Å².